The van der Waals surface area contributed by atoms with Gasteiger partial charge < -0.3 is 14.1 Å². The van der Waals surface area contributed by atoms with Gasteiger partial charge in [0.1, 0.15) is 10.5 Å². The fraction of sp³-hybridized carbons (Fsp3) is 0.600. The smallest absolute Gasteiger partial charge is 0.376 e. The maximum Gasteiger partial charge on any atom is 0.376 e. The number of aryl methyl sites for hydroxylation is 1. The van der Waals surface area contributed by atoms with Gasteiger partial charge in [-0.1, -0.05) is 56.8 Å². The van der Waals surface area contributed by atoms with Crippen LogP contribution in [0.15, 0.2) is 22.8 Å². The largest absolute Gasteiger partial charge is 0.457 e. The van der Waals surface area contributed by atoms with E-state index in [4.69, 9.17) is 27.2 Å². The predicted molar refractivity (Wildman–Crippen MR) is 137 cm³/mol. The molecule has 0 bridgehead atoms. The summed E-state index contributed by atoms with van der Waals surface area (Å²) in [5.74, 6) is 2.34. The summed E-state index contributed by atoms with van der Waals surface area (Å²) >= 11 is 7.37. The van der Waals surface area contributed by atoms with Gasteiger partial charge in [0.2, 0.25) is 17.1 Å². The molecule has 1 fully saturated rings. The first-order valence-corrected chi connectivity index (χ1v) is 13.4. The first-order valence-electron chi connectivity index (χ1n) is 12.1. The molecule has 0 aromatic carbocycles. The van der Waals surface area contributed by atoms with Crippen molar-refractivity contribution in [1.82, 2.24) is 15.1 Å². The topological polar surface area (TPSA) is 88.8 Å². The number of carbonyl (C=O) groups excluding carboxylic acids is 2. The molecule has 3 heterocycles. The van der Waals surface area contributed by atoms with Crippen LogP contribution in [0.3, 0.4) is 0 Å². The van der Waals surface area contributed by atoms with Crippen LogP contribution in [0.5, 0.6) is 0 Å². The second-order valence-electron chi connectivity index (χ2n) is 8.78. The van der Waals surface area contributed by atoms with E-state index in [1.807, 2.05) is 6.92 Å². The lowest BCUT2D eigenvalue weighted by Crippen LogP contribution is -2.50. The van der Waals surface area contributed by atoms with Gasteiger partial charge in [-0.2, -0.15) is 0 Å². The molecule has 190 valence electrons. The Morgan fingerprint density at radius 3 is 2.66 bits per heavy atom. The van der Waals surface area contributed by atoms with E-state index >= 15 is 0 Å². The van der Waals surface area contributed by atoms with Gasteiger partial charge >= 0.3 is 12.0 Å². The second-order valence-corrected chi connectivity index (χ2v) is 10.6. The molecule has 1 aliphatic heterocycles. The number of esters is 1. The number of aromatic nitrogens is 2. The third-order valence-corrected chi connectivity index (χ3v) is 7.32. The molecule has 2 aromatic rings. The molecule has 1 aliphatic rings. The van der Waals surface area contributed by atoms with Crippen LogP contribution >= 0.6 is 22.9 Å². The Morgan fingerprint density at radius 2 is 2.09 bits per heavy atom. The fourth-order valence-electron chi connectivity index (χ4n) is 4.12. The minimum Gasteiger partial charge on any atom is -0.457 e. The Bertz CT molecular complexity index is 1010. The van der Waals surface area contributed by atoms with Crippen LogP contribution in [0, 0.1) is 12.3 Å². The van der Waals surface area contributed by atoms with Crippen LogP contribution < -0.4 is 4.90 Å². The van der Waals surface area contributed by atoms with E-state index < -0.39 is 17.7 Å². The summed E-state index contributed by atoms with van der Waals surface area (Å²) in [6.45, 7) is 6.24. The van der Waals surface area contributed by atoms with Gasteiger partial charge in [0, 0.05) is 11.8 Å². The van der Waals surface area contributed by atoms with Gasteiger partial charge in [0.25, 0.3) is 0 Å². The molecule has 1 saturated heterocycles. The Hall–Kier alpha value is -2.57. The van der Waals surface area contributed by atoms with E-state index in [1.54, 1.807) is 11.0 Å². The summed E-state index contributed by atoms with van der Waals surface area (Å²) < 4.78 is 11.0. The van der Waals surface area contributed by atoms with Crippen molar-refractivity contribution in [3.63, 3.8) is 0 Å². The highest BCUT2D eigenvalue weighted by Gasteiger charge is 2.50. The molecule has 2 atom stereocenters. The number of hydrogen-bond donors (Lipinski definition) is 0. The van der Waals surface area contributed by atoms with E-state index in [-0.39, 0.29) is 23.7 Å². The lowest BCUT2D eigenvalue weighted by atomic mass is 9.86. The molecule has 0 spiro atoms. The number of hydrogen-bond acceptors (Lipinski definition) is 7. The summed E-state index contributed by atoms with van der Waals surface area (Å²) in [5.41, 5.74) is -0.769. The first-order chi connectivity index (χ1) is 16.8. The monoisotopic (exact) mass is 520 g/mol. The summed E-state index contributed by atoms with van der Waals surface area (Å²) in [4.78, 5) is 29.7. The Kier molecular flexibility index (Phi) is 9.58. The van der Waals surface area contributed by atoms with E-state index in [0.29, 0.717) is 24.4 Å². The number of alkyl halides is 1. The number of furan rings is 1. The SMILES string of the molecule is C#CC(CCCC)(CCCC)N1CC(OC(=O)c2ccco2)N(c2nnc(CCC(C)Cl)s2)C1=O. The zero-order chi connectivity index (χ0) is 25.4. The summed E-state index contributed by atoms with van der Waals surface area (Å²) in [5, 5.41) is 9.61. The van der Waals surface area contributed by atoms with Gasteiger partial charge in [-0.15, -0.1) is 28.2 Å². The number of terminal acetylenes is 1. The van der Waals surface area contributed by atoms with Crippen LogP contribution in [0.2, 0.25) is 0 Å². The van der Waals surface area contributed by atoms with Crippen molar-refractivity contribution in [2.75, 3.05) is 11.4 Å². The maximum absolute atomic E-state index is 13.9. The van der Waals surface area contributed by atoms with Gasteiger partial charge in [-0.25, -0.2) is 14.5 Å². The van der Waals surface area contributed by atoms with Crippen LogP contribution in [-0.2, 0) is 11.2 Å². The maximum atomic E-state index is 13.9. The van der Waals surface area contributed by atoms with Crippen LogP contribution in [-0.4, -0.2) is 50.8 Å². The quantitative estimate of drug-likeness (QED) is 0.186. The number of carbonyl (C=O) groups is 2. The Balaban J connectivity index is 1.94. The molecule has 8 nitrogen and oxygen atoms in total. The number of ether oxygens (including phenoxy) is 1. The number of halogens is 1. The first kappa shape index (κ1) is 27.0. The molecule has 2 amide bonds. The van der Waals surface area contributed by atoms with Crippen molar-refractivity contribution in [3.8, 4) is 12.3 Å². The fourth-order valence-corrected chi connectivity index (χ4v) is 5.12. The van der Waals surface area contributed by atoms with E-state index in [0.717, 1.165) is 37.1 Å². The third-order valence-electron chi connectivity index (χ3n) is 6.12. The standard InChI is InChI=1S/C25H33ClN4O4S/c1-5-8-14-25(7-3,15-9-6-2)29-17-21(34-22(31)19-11-10-16-33-19)30(24(29)32)23-28-27-20(35-23)13-12-18(4)26/h3,10-11,16,18,21H,5-6,8-9,12-15,17H2,1-2,4H3. The van der Waals surface area contributed by atoms with Crippen LogP contribution in [0.25, 0.3) is 0 Å². The van der Waals surface area contributed by atoms with Crippen LogP contribution in [0.1, 0.15) is 81.3 Å². The molecule has 3 rings (SSSR count). The molecule has 0 saturated carbocycles. The van der Waals surface area contributed by atoms with Crippen molar-refractivity contribution in [2.45, 2.75) is 89.3 Å². The molecule has 2 unspecified atom stereocenters. The minimum absolute atomic E-state index is 0.00151. The number of rotatable bonds is 13. The van der Waals surface area contributed by atoms with Crippen LogP contribution in [0.4, 0.5) is 9.93 Å². The molecular weight excluding hydrogens is 488 g/mol. The number of urea groups is 1. The van der Waals surface area contributed by atoms with E-state index in [1.165, 1.54) is 28.6 Å². The molecular formula is C25H33ClN4O4S. The second kappa shape index (κ2) is 12.4. The highest BCUT2D eigenvalue weighted by molar-refractivity contribution is 7.15. The van der Waals surface area contributed by atoms with Gasteiger partial charge in [0.15, 0.2) is 0 Å². The van der Waals surface area contributed by atoms with E-state index in [2.05, 4.69) is 30.0 Å². The predicted octanol–water partition coefficient (Wildman–Crippen LogP) is 5.87. The highest BCUT2D eigenvalue weighted by atomic mass is 35.5. The van der Waals surface area contributed by atoms with Crippen molar-refractivity contribution in [1.29, 1.82) is 0 Å². The highest BCUT2D eigenvalue weighted by Crippen LogP contribution is 2.37. The van der Waals surface area contributed by atoms with Gasteiger partial charge in [0.05, 0.1) is 12.8 Å². The Morgan fingerprint density at radius 1 is 1.37 bits per heavy atom. The molecule has 0 aliphatic carbocycles. The summed E-state index contributed by atoms with van der Waals surface area (Å²) in [7, 11) is 0. The summed E-state index contributed by atoms with van der Waals surface area (Å²) in [6.07, 6.45) is 13.0. The molecule has 35 heavy (non-hydrogen) atoms. The minimum atomic E-state index is -0.913. The zero-order valence-electron chi connectivity index (χ0n) is 20.5. The normalized spacial score (nSPS) is 17.0. The molecule has 0 N–H and O–H groups in total. The van der Waals surface area contributed by atoms with E-state index in [9.17, 15) is 9.59 Å². The van der Waals surface area contributed by atoms with Crippen molar-refractivity contribution in [3.05, 3.63) is 29.2 Å². The van der Waals surface area contributed by atoms with Gasteiger partial charge in [-0.3, -0.25) is 0 Å². The zero-order valence-corrected chi connectivity index (χ0v) is 22.1. The number of amides is 2. The number of nitrogens with zero attached hydrogens (tertiary/aromatic N) is 4. The number of anilines is 1. The number of unbranched alkanes of at least 4 members (excludes halogenated alkanes) is 2. The van der Waals surface area contributed by atoms with Crippen molar-refractivity contribution in [2.24, 2.45) is 0 Å². The average Bonchev–Trinajstić information content (AvgIpc) is 3.59. The Labute approximate surface area is 216 Å². The summed E-state index contributed by atoms with van der Waals surface area (Å²) in [6, 6.07) is 2.79. The third kappa shape index (κ3) is 6.36. The lowest BCUT2D eigenvalue weighted by molar-refractivity contribution is 0.0258. The van der Waals surface area contributed by atoms with Crippen molar-refractivity contribution < 1.29 is 18.7 Å². The lowest BCUT2D eigenvalue weighted by Gasteiger charge is -2.37. The average molecular weight is 521 g/mol. The molecule has 2 aromatic heterocycles. The molecule has 0 radical (unpaired) electrons. The molecule has 10 heteroatoms. The van der Waals surface area contributed by atoms with Crippen molar-refractivity contribution >= 4 is 40.1 Å². The van der Waals surface area contributed by atoms with Gasteiger partial charge in [-0.05, 0) is 38.3 Å².